The Bertz CT molecular complexity index is 621. The first-order chi connectivity index (χ1) is 10.3. The molecule has 6 heteroatoms. The number of rotatable bonds is 4. The molecule has 1 aromatic carbocycles. The Kier molecular flexibility index (Phi) is 4.55. The normalized spacial score (nSPS) is 17.9. The largest absolute Gasteiger partial charge is 0.309 e. The molecule has 1 aliphatic heterocycles. The van der Waals surface area contributed by atoms with Crippen molar-refractivity contribution in [3.05, 3.63) is 36.5 Å². The summed E-state index contributed by atoms with van der Waals surface area (Å²) in [6.45, 7) is 0. The summed E-state index contributed by atoms with van der Waals surface area (Å²) in [4.78, 5) is 13.4. The molecule has 1 amide bonds. The number of benzene rings is 1. The van der Waals surface area contributed by atoms with Gasteiger partial charge in [0.1, 0.15) is 5.82 Å². The molecule has 1 aliphatic rings. The van der Waals surface area contributed by atoms with Gasteiger partial charge in [0, 0.05) is 0 Å². The van der Waals surface area contributed by atoms with Crippen molar-refractivity contribution >= 4 is 35.2 Å². The van der Waals surface area contributed by atoms with Gasteiger partial charge in [0.05, 0.1) is 22.0 Å². The number of anilines is 1. The number of nitrogens with one attached hydrogen (secondary N) is 1. The van der Waals surface area contributed by atoms with Crippen LogP contribution in [0.1, 0.15) is 12.8 Å². The summed E-state index contributed by atoms with van der Waals surface area (Å²) < 4.78 is 1.79. The maximum atomic E-state index is 12.4. The first-order valence-electron chi connectivity index (χ1n) is 6.89. The zero-order chi connectivity index (χ0) is 14.7. The Balaban J connectivity index is 1.89. The Morgan fingerprint density at radius 1 is 1.43 bits per heavy atom. The summed E-state index contributed by atoms with van der Waals surface area (Å²) in [5.41, 5.74) is 0.951. The van der Waals surface area contributed by atoms with Crippen LogP contribution in [0.25, 0.3) is 5.69 Å². The molecule has 1 saturated heterocycles. The maximum Gasteiger partial charge on any atom is 0.238 e. The molecule has 0 aliphatic carbocycles. The van der Waals surface area contributed by atoms with E-state index in [-0.39, 0.29) is 11.2 Å². The SMILES string of the molecule is CSc1cnn(-c2ccccc2)c1NC(=O)[C@@H]1CCCS1. The van der Waals surface area contributed by atoms with Crippen LogP contribution in [-0.2, 0) is 4.79 Å². The van der Waals surface area contributed by atoms with E-state index >= 15 is 0 Å². The van der Waals surface area contributed by atoms with Gasteiger partial charge < -0.3 is 5.32 Å². The number of para-hydroxylation sites is 1. The minimum absolute atomic E-state index is 0.0684. The van der Waals surface area contributed by atoms with Crippen LogP contribution in [0, 0.1) is 0 Å². The third-order valence-electron chi connectivity index (χ3n) is 3.42. The molecule has 0 saturated carbocycles. The third kappa shape index (κ3) is 3.11. The second-order valence-electron chi connectivity index (χ2n) is 4.80. The molecule has 21 heavy (non-hydrogen) atoms. The van der Waals surface area contributed by atoms with E-state index in [1.807, 2.05) is 36.6 Å². The van der Waals surface area contributed by atoms with Crippen molar-refractivity contribution in [2.24, 2.45) is 0 Å². The maximum absolute atomic E-state index is 12.4. The van der Waals surface area contributed by atoms with Gasteiger partial charge in [-0.3, -0.25) is 4.79 Å². The summed E-state index contributed by atoms with van der Waals surface area (Å²) in [7, 11) is 0. The van der Waals surface area contributed by atoms with E-state index in [1.165, 1.54) is 0 Å². The molecular weight excluding hydrogens is 302 g/mol. The molecule has 0 bridgehead atoms. The quantitative estimate of drug-likeness (QED) is 0.877. The van der Waals surface area contributed by atoms with Gasteiger partial charge in [0.2, 0.25) is 5.91 Å². The highest BCUT2D eigenvalue weighted by molar-refractivity contribution is 8.00. The van der Waals surface area contributed by atoms with Gasteiger partial charge in [0.25, 0.3) is 0 Å². The lowest BCUT2D eigenvalue weighted by Crippen LogP contribution is -2.24. The molecular formula is C15H17N3OS2. The molecule has 2 aromatic rings. The first kappa shape index (κ1) is 14.5. The zero-order valence-corrected chi connectivity index (χ0v) is 13.4. The second-order valence-corrected chi connectivity index (χ2v) is 6.96. The van der Waals surface area contributed by atoms with Crippen LogP contribution in [0.3, 0.4) is 0 Å². The number of carbonyl (C=O) groups excluding carboxylic acids is 1. The summed E-state index contributed by atoms with van der Waals surface area (Å²) in [5, 5.41) is 7.55. The van der Waals surface area contributed by atoms with E-state index in [9.17, 15) is 4.79 Å². The van der Waals surface area contributed by atoms with Gasteiger partial charge in [-0.25, -0.2) is 4.68 Å². The lowest BCUT2D eigenvalue weighted by atomic mass is 10.2. The molecule has 0 radical (unpaired) electrons. The predicted octanol–water partition coefficient (Wildman–Crippen LogP) is 3.43. The fourth-order valence-corrected chi connectivity index (χ4v) is 3.99. The van der Waals surface area contributed by atoms with Crippen LogP contribution in [-0.4, -0.2) is 32.9 Å². The van der Waals surface area contributed by atoms with Crippen LogP contribution in [0.4, 0.5) is 5.82 Å². The van der Waals surface area contributed by atoms with Gasteiger partial charge in [-0.2, -0.15) is 5.10 Å². The Hall–Kier alpha value is -1.40. The molecule has 1 fully saturated rings. The number of nitrogens with zero attached hydrogens (tertiary/aromatic N) is 2. The van der Waals surface area contributed by atoms with Crippen molar-refractivity contribution in [2.45, 2.75) is 23.0 Å². The smallest absolute Gasteiger partial charge is 0.238 e. The van der Waals surface area contributed by atoms with E-state index in [0.717, 1.165) is 35.0 Å². The standard InChI is InChI=1S/C15H17N3OS2/c1-20-13-10-16-18(11-6-3-2-4-7-11)14(13)17-15(19)12-8-5-9-21-12/h2-4,6-7,10,12H,5,8-9H2,1H3,(H,17,19)/t12-/m0/s1. The average Bonchev–Trinajstić information content (AvgIpc) is 3.17. The van der Waals surface area contributed by atoms with E-state index < -0.39 is 0 Å². The molecule has 1 N–H and O–H groups in total. The lowest BCUT2D eigenvalue weighted by Gasteiger charge is -2.13. The summed E-state index contributed by atoms with van der Waals surface area (Å²) >= 11 is 3.33. The predicted molar refractivity (Wildman–Crippen MR) is 89.5 cm³/mol. The van der Waals surface area contributed by atoms with Crippen LogP contribution < -0.4 is 5.32 Å². The van der Waals surface area contributed by atoms with Gasteiger partial charge in [-0.05, 0) is 37.0 Å². The minimum atomic E-state index is 0.0684. The Morgan fingerprint density at radius 2 is 2.24 bits per heavy atom. The minimum Gasteiger partial charge on any atom is -0.309 e. The van der Waals surface area contributed by atoms with Crippen molar-refractivity contribution in [3.8, 4) is 5.69 Å². The number of carbonyl (C=O) groups is 1. The number of hydrogen-bond donors (Lipinski definition) is 1. The Labute approximate surface area is 132 Å². The van der Waals surface area contributed by atoms with Gasteiger partial charge in [-0.1, -0.05) is 18.2 Å². The number of hydrogen-bond acceptors (Lipinski definition) is 4. The number of aromatic nitrogens is 2. The summed E-state index contributed by atoms with van der Waals surface area (Å²) in [6.07, 6.45) is 5.88. The van der Waals surface area contributed by atoms with Crippen LogP contribution in [0.2, 0.25) is 0 Å². The highest BCUT2D eigenvalue weighted by Crippen LogP contribution is 2.31. The molecule has 3 rings (SSSR count). The molecule has 0 unspecified atom stereocenters. The first-order valence-corrected chi connectivity index (χ1v) is 9.17. The lowest BCUT2D eigenvalue weighted by molar-refractivity contribution is -0.115. The van der Waals surface area contributed by atoms with Crippen molar-refractivity contribution < 1.29 is 4.79 Å². The average molecular weight is 319 g/mol. The molecule has 1 aromatic heterocycles. The van der Waals surface area contributed by atoms with Crippen LogP contribution in [0.5, 0.6) is 0 Å². The van der Waals surface area contributed by atoms with E-state index in [1.54, 1.807) is 34.4 Å². The highest BCUT2D eigenvalue weighted by Gasteiger charge is 2.25. The van der Waals surface area contributed by atoms with Gasteiger partial charge >= 0.3 is 0 Å². The van der Waals surface area contributed by atoms with E-state index in [2.05, 4.69) is 10.4 Å². The van der Waals surface area contributed by atoms with Gasteiger partial charge in [0.15, 0.2) is 0 Å². The van der Waals surface area contributed by atoms with Crippen LogP contribution >= 0.6 is 23.5 Å². The Morgan fingerprint density at radius 3 is 2.90 bits per heavy atom. The second kappa shape index (κ2) is 6.58. The third-order valence-corrected chi connectivity index (χ3v) is 5.54. The topological polar surface area (TPSA) is 46.9 Å². The number of thioether (sulfide) groups is 2. The molecule has 110 valence electrons. The van der Waals surface area contributed by atoms with Crippen molar-refractivity contribution in [1.29, 1.82) is 0 Å². The van der Waals surface area contributed by atoms with Crippen molar-refractivity contribution in [1.82, 2.24) is 9.78 Å². The fraction of sp³-hybridized carbons (Fsp3) is 0.333. The van der Waals surface area contributed by atoms with Crippen LogP contribution in [0.15, 0.2) is 41.4 Å². The molecule has 1 atom stereocenters. The fourth-order valence-electron chi connectivity index (χ4n) is 2.34. The summed E-state index contributed by atoms with van der Waals surface area (Å²) in [5.74, 6) is 1.93. The van der Waals surface area contributed by atoms with Crippen molar-refractivity contribution in [3.63, 3.8) is 0 Å². The molecule has 2 heterocycles. The highest BCUT2D eigenvalue weighted by atomic mass is 32.2. The number of amides is 1. The zero-order valence-electron chi connectivity index (χ0n) is 11.8. The van der Waals surface area contributed by atoms with E-state index in [4.69, 9.17) is 0 Å². The molecule has 4 nitrogen and oxygen atoms in total. The van der Waals surface area contributed by atoms with Crippen molar-refractivity contribution in [2.75, 3.05) is 17.3 Å². The summed E-state index contributed by atoms with van der Waals surface area (Å²) in [6, 6.07) is 9.87. The van der Waals surface area contributed by atoms with E-state index in [0.29, 0.717) is 0 Å². The molecule has 0 spiro atoms. The van der Waals surface area contributed by atoms with Gasteiger partial charge in [-0.15, -0.1) is 23.5 Å². The monoisotopic (exact) mass is 319 g/mol.